The molecule has 1 amide bonds. The molecule has 2 aliphatic heterocycles. The molecular weight excluding hydrogens is 428 g/mol. The number of aliphatic hydroxyl groups is 1. The third-order valence-corrected chi connectivity index (χ3v) is 6.97. The number of methoxy groups -OCH3 is 2. The predicted octanol–water partition coefficient (Wildman–Crippen LogP) is 3.75. The van der Waals surface area contributed by atoms with E-state index in [0.29, 0.717) is 40.0 Å². The van der Waals surface area contributed by atoms with E-state index in [9.17, 15) is 15.2 Å². The average molecular weight is 453 g/mol. The SMILES string of the molecule is CCOc1ccc([C@@]2(O)CSC3=C(C#N)[C@H](c4ccc(OC)c(OC)c4)CC(=O)N32)cc1. The van der Waals surface area contributed by atoms with Crippen molar-refractivity contribution in [3.8, 4) is 23.3 Å². The van der Waals surface area contributed by atoms with Crippen LogP contribution in [0, 0.1) is 11.3 Å². The van der Waals surface area contributed by atoms with Crippen molar-refractivity contribution < 1.29 is 24.1 Å². The number of benzene rings is 2. The summed E-state index contributed by atoms with van der Waals surface area (Å²) in [5.74, 6) is 1.39. The number of carbonyl (C=O) groups is 1. The lowest BCUT2D eigenvalue weighted by Gasteiger charge is -2.38. The number of rotatable bonds is 6. The van der Waals surface area contributed by atoms with E-state index in [1.54, 1.807) is 50.6 Å². The highest BCUT2D eigenvalue weighted by Gasteiger charge is 2.51. The Morgan fingerprint density at radius 1 is 1.19 bits per heavy atom. The number of fused-ring (bicyclic) bond motifs is 1. The zero-order valence-electron chi connectivity index (χ0n) is 18.1. The number of hydrogen-bond donors (Lipinski definition) is 1. The van der Waals surface area contributed by atoms with Crippen LogP contribution in [0.25, 0.3) is 0 Å². The summed E-state index contributed by atoms with van der Waals surface area (Å²) in [6, 6.07) is 14.7. The van der Waals surface area contributed by atoms with Crippen LogP contribution in [0.2, 0.25) is 0 Å². The summed E-state index contributed by atoms with van der Waals surface area (Å²) in [6.07, 6.45) is 0.0712. The van der Waals surface area contributed by atoms with Gasteiger partial charge in [-0.05, 0) is 36.8 Å². The van der Waals surface area contributed by atoms with E-state index < -0.39 is 11.6 Å². The van der Waals surface area contributed by atoms with Gasteiger partial charge in [-0.1, -0.05) is 18.2 Å². The van der Waals surface area contributed by atoms with Gasteiger partial charge in [0.05, 0.1) is 43.3 Å². The van der Waals surface area contributed by atoms with Gasteiger partial charge >= 0.3 is 0 Å². The molecule has 2 heterocycles. The van der Waals surface area contributed by atoms with Crippen molar-refractivity contribution in [3.63, 3.8) is 0 Å². The normalized spacial score (nSPS) is 22.4. The summed E-state index contributed by atoms with van der Waals surface area (Å²) in [4.78, 5) is 14.7. The zero-order valence-corrected chi connectivity index (χ0v) is 18.9. The second-order valence-electron chi connectivity index (χ2n) is 7.49. The van der Waals surface area contributed by atoms with Crippen LogP contribution < -0.4 is 14.2 Å². The zero-order chi connectivity index (χ0) is 22.9. The Bertz CT molecular complexity index is 1110. The molecule has 1 N–H and O–H groups in total. The minimum atomic E-state index is -1.52. The number of thioether (sulfide) groups is 1. The highest BCUT2D eigenvalue weighted by Crippen LogP contribution is 2.52. The minimum Gasteiger partial charge on any atom is -0.494 e. The molecule has 0 radical (unpaired) electrons. The first-order chi connectivity index (χ1) is 15.5. The Morgan fingerprint density at radius 3 is 2.53 bits per heavy atom. The third-order valence-electron chi connectivity index (χ3n) is 5.75. The van der Waals surface area contributed by atoms with Crippen LogP contribution in [0.1, 0.15) is 30.4 Å². The summed E-state index contributed by atoms with van der Waals surface area (Å²) in [5.41, 5.74) is 0.311. The lowest BCUT2D eigenvalue weighted by molar-refractivity contribution is -0.149. The first-order valence-corrected chi connectivity index (χ1v) is 11.2. The van der Waals surface area contributed by atoms with Crippen molar-refractivity contribution in [1.82, 2.24) is 4.90 Å². The highest BCUT2D eigenvalue weighted by molar-refractivity contribution is 8.03. The van der Waals surface area contributed by atoms with E-state index in [1.807, 2.05) is 13.0 Å². The van der Waals surface area contributed by atoms with Crippen LogP contribution >= 0.6 is 11.8 Å². The number of ether oxygens (including phenoxy) is 3. The fraction of sp³-hybridized carbons (Fsp3) is 0.333. The quantitative estimate of drug-likeness (QED) is 0.714. The summed E-state index contributed by atoms with van der Waals surface area (Å²) in [6.45, 7) is 2.44. The van der Waals surface area contributed by atoms with E-state index in [2.05, 4.69) is 6.07 Å². The smallest absolute Gasteiger partial charge is 0.231 e. The Hall–Kier alpha value is -3.15. The Kier molecular flexibility index (Phi) is 6.04. The number of hydrogen-bond acceptors (Lipinski definition) is 7. The molecule has 0 aliphatic carbocycles. The molecule has 2 aromatic carbocycles. The van der Waals surface area contributed by atoms with Gasteiger partial charge in [0.2, 0.25) is 5.91 Å². The molecule has 166 valence electrons. The predicted molar refractivity (Wildman–Crippen MR) is 120 cm³/mol. The topological polar surface area (TPSA) is 92.0 Å². The van der Waals surface area contributed by atoms with Crippen LogP contribution in [0.15, 0.2) is 53.1 Å². The Labute approximate surface area is 191 Å². The highest BCUT2D eigenvalue weighted by atomic mass is 32.2. The maximum Gasteiger partial charge on any atom is 0.231 e. The second-order valence-corrected chi connectivity index (χ2v) is 8.46. The van der Waals surface area contributed by atoms with E-state index >= 15 is 0 Å². The molecule has 7 nitrogen and oxygen atoms in total. The average Bonchev–Trinajstić information content (AvgIpc) is 3.18. The molecule has 32 heavy (non-hydrogen) atoms. The molecule has 1 saturated heterocycles. The van der Waals surface area contributed by atoms with Gasteiger partial charge < -0.3 is 19.3 Å². The summed E-state index contributed by atoms with van der Waals surface area (Å²) in [5, 5.41) is 22.0. The van der Waals surface area contributed by atoms with Gasteiger partial charge in [-0.25, -0.2) is 0 Å². The van der Waals surface area contributed by atoms with Crippen molar-refractivity contribution in [2.24, 2.45) is 0 Å². The molecule has 2 aromatic rings. The van der Waals surface area contributed by atoms with Crippen molar-refractivity contribution in [2.75, 3.05) is 26.6 Å². The van der Waals surface area contributed by atoms with Crippen LogP contribution in [0.5, 0.6) is 17.2 Å². The number of amides is 1. The second kappa shape index (κ2) is 8.77. The molecule has 1 fully saturated rings. The van der Waals surface area contributed by atoms with E-state index in [1.165, 1.54) is 16.7 Å². The summed E-state index contributed by atoms with van der Waals surface area (Å²) < 4.78 is 16.2. The molecule has 4 rings (SSSR count). The number of allylic oxidation sites excluding steroid dienone is 1. The van der Waals surface area contributed by atoms with Gasteiger partial charge in [-0.15, -0.1) is 11.8 Å². The van der Waals surface area contributed by atoms with Crippen molar-refractivity contribution in [2.45, 2.75) is 25.0 Å². The lowest BCUT2D eigenvalue weighted by atomic mass is 9.85. The number of nitriles is 1. The van der Waals surface area contributed by atoms with Crippen LogP contribution in [-0.4, -0.2) is 42.5 Å². The van der Waals surface area contributed by atoms with Crippen molar-refractivity contribution >= 4 is 17.7 Å². The van der Waals surface area contributed by atoms with Gasteiger partial charge in [-0.3, -0.25) is 9.69 Å². The van der Waals surface area contributed by atoms with Crippen molar-refractivity contribution in [1.29, 1.82) is 5.26 Å². The summed E-state index contributed by atoms with van der Waals surface area (Å²) in [7, 11) is 3.10. The van der Waals surface area contributed by atoms with E-state index in [4.69, 9.17) is 14.2 Å². The van der Waals surface area contributed by atoms with Crippen LogP contribution in [-0.2, 0) is 10.5 Å². The van der Waals surface area contributed by atoms with Gasteiger partial charge in [0, 0.05) is 17.9 Å². The van der Waals surface area contributed by atoms with E-state index in [-0.39, 0.29) is 18.1 Å². The first-order valence-electron chi connectivity index (χ1n) is 10.2. The van der Waals surface area contributed by atoms with Crippen LogP contribution in [0.3, 0.4) is 0 Å². The largest absolute Gasteiger partial charge is 0.494 e. The number of nitrogens with zero attached hydrogens (tertiary/aromatic N) is 2. The van der Waals surface area contributed by atoms with Gasteiger partial charge in [-0.2, -0.15) is 5.26 Å². The molecule has 8 heteroatoms. The molecule has 0 unspecified atom stereocenters. The van der Waals surface area contributed by atoms with Gasteiger partial charge in [0.25, 0.3) is 0 Å². The number of carbonyl (C=O) groups excluding carboxylic acids is 1. The molecular formula is C24H24N2O5S. The van der Waals surface area contributed by atoms with E-state index in [0.717, 1.165) is 5.56 Å². The Balaban J connectivity index is 1.73. The standard InChI is InChI=1S/C24H24N2O5S/c1-4-31-17-8-6-16(7-9-17)24(28)14-32-23-19(13-25)18(12-22(27)26(23)24)15-5-10-20(29-2)21(11-15)30-3/h5-11,18,28H,4,12,14H2,1-3H3/t18-,24-/m0/s1. The maximum atomic E-state index is 13.3. The third kappa shape index (κ3) is 3.57. The minimum absolute atomic E-state index is 0.0712. The molecule has 0 aromatic heterocycles. The fourth-order valence-electron chi connectivity index (χ4n) is 4.18. The summed E-state index contributed by atoms with van der Waals surface area (Å²) >= 11 is 1.32. The van der Waals surface area contributed by atoms with Gasteiger partial charge in [0.15, 0.2) is 17.2 Å². The molecule has 0 bridgehead atoms. The van der Waals surface area contributed by atoms with Gasteiger partial charge in [0.1, 0.15) is 5.75 Å². The Morgan fingerprint density at radius 2 is 1.91 bits per heavy atom. The molecule has 0 spiro atoms. The maximum absolute atomic E-state index is 13.3. The molecule has 2 atom stereocenters. The lowest BCUT2D eigenvalue weighted by Crippen LogP contribution is -2.48. The molecule has 2 aliphatic rings. The van der Waals surface area contributed by atoms with Crippen LogP contribution in [0.4, 0.5) is 0 Å². The first kappa shape index (κ1) is 22.1. The fourth-order valence-corrected chi connectivity index (χ4v) is 5.54. The monoisotopic (exact) mass is 452 g/mol. The van der Waals surface area contributed by atoms with Crippen molar-refractivity contribution in [3.05, 3.63) is 64.2 Å². The molecule has 0 saturated carbocycles.